The second-order valence-electron chi connectivity index (χ2n) is 5.53. The fraction of sp³-hybridized carbons (Fsp3) is 0.467. The third-order valence-corrected chi connectivity index (χ3v) is 2.36. The molecule has 0 saturated carbocycles. The largest absolute Gasteiger partial charge is 0.452 e. The van der Waals surface area contributed by atoms with Gasteiger partial charge in [0.15, 0.2) is 6.10 Å². The lowest BCUT2D eigenvalue weighted by atomic mass is 10.0. The van der Waals surface area contributed by atoms with Crippen LogP contribution in [0.1, 0.15) is 33.3 Å². The number of hydrogen-bond donors (Lipinski definition) is 1. The van der Waals surface area contributed by atoms with Crippen molar-refractivity contribution in [3.63, 3.8) is 0 Å². The summed E-state index contributed by atoms with van der Waals surface area (Å²) in [6, 6.07) is 9.49. The summed E-state index contributed by atoms with van der Waals surface area (Å²) in [6.45, 7) is 6.97. The molecule has 1 amide bonds. The Morgan fingerprint density at radius 2 is 1.79 bits per heavy atom. The maximum atomic E-state index is 12.1. The van der Waals surface area contributed by atoms with Crippen LogP contribution in [0.25, 0.3) is 0 Å². The number of nitrogens with one attached hydrogen (secondary N) is 1. The van der Waals surface area contributed by atoms with Crippen molar-refractivity contribution < 1.29 is 14.3 Å². The second kappa shape index (κ2) is 6.36. The third kappa shape index (κ3) is 6.04. The molecule has 4 heteroatoms. The van der Waals surface area contributed by atoms with Crippen LogP contribution in [0.2, 0.25) is 0 Å². The summed E-state index contributed by atoms with van der Waals surface area (Å²) in [4.78, 5) is 23.2. The number of carbonyl (C=O) groups excluding carboxylic acids is 2. The number of benzene rings is 1. The van der Waals surface area contributed by atoms with Gasteiger partial charge >= 0.3 is 5.97 Å². The molecular formula is C15H21NO3. The summed E-state index contributed by atoms with van der Waals surface area (Å²) in [5, 5.41) is 2.83. The molecule has 0 aromatic heterocycles. The van der Waals surface area contributed by atoms with Gasteiger partial charge in [0.05, 0.1) is 0 Å². The molecule has 0 aliphatic carbocycles. The average molecular weight is 263 g/mol. The topological polar surface area (TPSA) is 55.4 Å². The van der Waals surface area contributed by atoms with Crippen molar-refractivity contribution >= 4 is 11.9 Å². The molecule has 0 saturated heterocycles. The van der Waals surface area contributed by atoms with E-state index < -0.39 is 12.1 Å². The third-order valence-electron chi connectivity index (χ3n) is 2.36. The Kier molecular flexibility index (Phi) is 5.10. The van der Waals surface area contributed by atoms with Crippen molar-refractivity contribution in [3.05, 3.63) is 35.9 Å². The number of amides is 1. The highest BCUT2D eigenvalue weighted by Crippen LogP contribution is 2.09. The normalized spacial score (nSPS) is 12.6. The molecule has 1 atom stereocenters. The lowest BCUT2D eigenvalue weighted by Crippen LogP contribution is -2.47. The van der Waals surface area contributed by atoms with Crippen LogP contribution in [0, 0.1) is 0 Å². The molecule has 1 aromatic rings. The zero-order chi connectivity index (χ0) is 14.5. The molecule has 0 spiro atoms. The highest BCUT2D eigenvalue weighted by Gasteiger charge is 2.25. The first-order valence-corrected chi connectivity index (χ1v) is 6.31. The molecule has 1 aromatic carbocycles. The SMILES string of the molecule is CC(=O)OC(Cc1ccccc1)C(=O)NC(C)(C)C. The highest BCUT2D eigenvalue weighted by atomic mass is 16.5. The Labute approximate surface area is 114 Å². The first-order chi connectivity index (χ1) is 8.78. The van der Waals surface area contributed by atoms with E-state index in [4.69, 9.17) is 4.74 Å². The van der Waals surface area contributed by atoms with E-state index in [9.17, 15) is 9.59 Å². The minimum absolute atomic E-state index is 0.272. The number of rotatable bonds is 4. The summed E-state index contributed by atoms with van der Waals surface area (Å²) >= 11 is 0. The van der Waals surface area contributed by atoms with Crippen molar-refractivity contribution in [2.24, 2.45) is 0 Å². The lowest BCUT2D eigenvalue weighted by Gasteiger charge is -2.24. The average Bonchev–Trinajstić information content (AvgIpc) is 2.26. The second-order valence-corrected chi connectivity index (χ2v) is 5.53. The van der Waals surface area contributed by atoms with Gasteiger partial charge in [0.1, 0.15) is 0 Å². The highest BCUT2D eigenvalue weighted by molar-refractivity contribution is 5.84. The molecule has 104 valence electrons. The maximum Gasteiger partial charge on any atom is 0.303 e. The number of hydrogen-bond acceptors (Lipinski definition) is 3. The van der Waals surface area contributed by atoms with Gasteiger partial charge in [-0.15, -0.1) is 0 Å². The Balaban J connectivity index is 2.77. The van der Waals surface area contributed by atoms with Crippen LogP contribution in [0.3, 0.4) is 0 Å². The van der Waals surface area contributed by atoms with Gasteiger partial charge in [0, 0.05) is 18.9 Å². The Bertz CT molecular complexity index is 434. The van der Waals surface area contributed by atoms with Crippen LogP contribution in [0.4, 0.5) is 0 Å². The van der Waals surface area contributed by atoms with Gasteiger partial charge in [0.25, 0.3) is 5.91 Å². The quantitative estimate of drug-likeness (QED) is 0.846. The van der Waals surface area contributed by atoms with Crippen molar-refractivity contribution in [1.82, 2.24) is 5.32 Å². The molecule has 1 rings (SSSR count). The minimum Gasteiger partial charge on any atom is -0.452 e. The van der Waals surface area contributed by atoms with E-state index >= 15 is 0 Å². The van der Waals surface area contributed by atoms with Gasteiger partial charge < -0.3 is 10.1 Å². The maximum absolute atomic E-state index is 12.1. The molecule has 19 heavy (non-hydrogen) atoms. The lowest BCUT2D eigenvalue weighted by molar-refractivity contribution is -0.154. The van der Waals surface area contributed by atoms with Crippen LogP contribution in [-0.2, 0) is 20.7 Å². The van der Waals surface area contributed by atoms with Gasteiger partial charge in [-0.1, -0.05) is 30.3 Å². The fourth-order valence-corrected chi connectivity index (χ4v) is 1.67. The van der Waals surface area contributed by atoms with Gasteiger partial charge in [-0.2, -0.15) is 0 Å². The van der Waals surface area contributed by atoms with E-state index in [2.05, 4.69) is 5.32 Å². The number of esters is 1. The Hall–Kier alpha value is -1.84. The van der Waals surface area contributed by atoms with Gasteiger partial charge in [-0.3, -0.25) is 9.59 Å². The molecule has 0 fully saturated rings. The van der Waals surface area contributed by atoms with E-state index in [1.165, 1.54) is 6.92 Å². The Morgan fingerprint density at radius 3 is 2.26 bits per heavy atom. The molecule has 0 heterocycles. The molecule has 1 N–H and O–H groups in total. The predicted molar refractivity (Wildman–Crippen MR) is 73.6 cm³/mol. The van der Waals surface area contributed by atoms with Gasteiger partial charge in [-0.05, 0) is 26.3 Å². The summed E-state index contributed by atoms with van der Waals surface area (Å²) in [5.41, 5.74) is 0.601. The number of ether oxygens (including phenoxy) is 1. The monoisotopic (exact) mass is 263 g/mol. The van der Waals surface area contributed by atoms with Crippen molar-refractivity contribution in [3.8, 4) is 0 Å². The van der Waals surface area contributed by atoms with Crippen molar-refractivity contribution in [2.75, 3.05) is 0 Å². The molecular weight excluding hydrogens is 242 g/mol. The van der Waals surface area contributed by atoms with Crippen LogP contribution in [0.15, 0.2) is 30.3 Å². The van der Waals surface area contributed by atoms with Crippen LogP contribution in [-0.4, -0.2) is 23.5 Å². The zero-order valence-corrected chi connectivity index (χ0v) is 11.9. The van der Waals surface area contributed by atoms with Crippen molar-refractivity contribution in [1.29, 1.82) is 0 Å². The summed E-state index contributed by atoms with van der Waals surface area (Å²) in [6.07, 6.45) is -0.415. The molecule has 0 aliphatic heterocycles. The molecule has 1 unspecified atom stereocenters. The zero-order valence-electron chi connectivity index (χ0n) is 11.9. The molecule has 0 radical (unpaired) electrons. The van der Waals surface area contributed by atoms with E-state index in [-0.39, 0.29) is 11.4 Å². The van der Waals surface area contributed by atoms with Gasteiger partial charge in [0.2, 0.25) is 0 Å². The molecule has 4 nitrogen and oxygen atoms in total. The number of carbonyl (C=O) groups is 2. The van der Waals surface area contributed by atoms with Crippen LogP contribution >= 0.6 is 0 Å². The molecule has 0 bridgehead atoms. The Morgan fingerprint density at radius 1 is 1.21 bits per heavy atom. The van der Waals surface area contributed by atoms with E-state index in [1.54, 1.807) is 0 Å². The van der Waals surface area contributed by atoms with Crippen LogP contribution in [0.5, 0.6) is 0 Å². The fourth-order valence-electron chi connectivity index (χ4n) is 1.67. The van der Waals surface area contributed by atoms with Gasteiger partial charge in [-0.25, -0.2) is 0 Å². The van der Waals surface area contributed by atoms with E-state index in [1.807, 2.05) is 51.1 Å². The van der Waals surface area contributed by atoms with E-state index in [0.29, 0.717) is 6.42 Å². The summed E-state index contributed by atoms with van der Waals surface area (Å²) < 4.78 is 5.11. The minimum atomic E-state index is -0.792. The standard InChI is InChI=1S/C15H21NO3/c1-11(17)19-13(14(18)16-15(2,3)4)10-12-8-6-5-7-9-12/h5-9,13H,10H2,1-4H3,(H,16,18). The van der Waals surface area contributed by atoms with E-state index in [0.717, 1.165) is 5.56 Å². The smallest absolute Gasteiger partial charge is 0.303 e. The van der Waals surface area contributed by atoms with Crippen LogP contribution < -0.4 is 5.32 Å². The predicted octanol–water partition coefficient (Wildman–Crippen LogP) is 2.08. The molecule has 0 aliphatic rings. The van der Waals surface area contributed by atoms with Crippen molar-refractivity contribution in [2.45, 2.75) is 45.8 Å². The first-order valence-electron chi connectivity index (χ1n) is 6.31. The summed E-state index contributed by atoms with van der Waals surface area (Å²) in [7, 11) is 0. The first kappa shape index (κ1) is 15.2. The summed E-state index contributed by atoms with van der Waals surface area (Å²) in [5.74, 6) is -0.725.